The highest BCUT2D eigenvalue weighted by atomic mass is 19.4. The molecule has 0 N–H and O–H groups in total. The molecule has 0 bridgehead atoms. The zero-order valence-electron chi connectivity index (χ0n) is 18.5. The predicted molar refractivity (Wildman–Crippen MR) is 116 cm³/mol. The van der Waals surface area contributed by atoms with Crippen LogP contribution >= 0.6 is 0 Å². The molecule has 1 fully saturated rings. The maximum atomic E-state index is 12.9. The molecule has 1 saturated carbocycles. The number of anilines is 1. The molecule has 5 rings (SSSR count). The second-order valence-corrected chi connectivity index (χ2v) is 8.46. The van der Waals surface area contributed by atoms with E-state index in [4.69, 9.17) is 9.47 Å². The Morgan fingerprint density at radius 1 is 1.12 bits per heavy atom. The normalized spacial score (nSPS) is 17.9. The van der Waals surface area contributed by atoms with E-state index >= 15 is 0 Å². The Labute approximate surface area is 193 Å². The predicted octanol–water partition coefficient (Wildman–Crippen LogP) is 5.39. The van der Waals surface area contributed by atoms with Gasteiger partial charge in [0.25, 0.3) is 0 Å². The molecule has 178 valence electrons. The molecule has 11 heteroatoms. The molecule has 1 amide bonds. The van der Waals surface area contributed by atoms with Crippen molar-refractivity contribution in [2.24, 2.45) is 0 Å². The van der Waals surface area contributed by atoms with Gasteiger partial charge in [0.05, 0.1) is 30.6 Å². The molecule has 0 unspecified atom stereocenters. The highest BCUT2D eigenvalue weighted by molar-refractivity contribution is 5.92. The van der Waals surface area contributed by atoms with Crippen LogP contribution in [0, 0.1) is 0 Å². The summed E-state index contributed by atoms with van der Waals surface area (Å²) in [5.74, 6) is 0.383. The molecule has 1 atom stereocenters. The Bertz CT molecular complexity index is 1220. The lowest BCUT2D eigenvalue weighted by atomic mass is 9.92. The van der Waals surface area contributed by atoms with Gasteiger partial charge in [0.1, 0.15) is 5.75 Å². The average Bonchev–Trinajstić information content (AvgIpc) is 3.55. The van der Waals surface area contributed by atoms with Gasteiger partial charge in [-0.25, -0.2) is 14.8 Å². The number of carbonyl (C=O) groups excluding carboxylic acids is 1. The first-order chi connectivity index (χ1) is 16.3. The number of amides is 1. The van der Waals surface area contributed by atoms with Crippen molar-refractivity contribution < 1.29 is 27.4 Å². The summed E-state index contributed by atoms with van der Waals surface area (Å²) in [6.07, 6.45) is 3.34. The molecule has 2 aromatic heterocycles. The van der Waals surface area contributed by atoms with E-state index < -0.39 is 17.8 Å². The first-order valence-corrected chi connectivity index (χ1v) is 10.9. The second-order valence-electron chi connectivity index (χ2n) is 8.46. The van der Waals surface area contributed by atoms with Crippen LogP contribution in [0.2, 0.25) is 0 Å². The Morgan fingerprint density at radius 2 is 1.85 bits per heavy atom. The highest BCUT2D eigenvalue weighted by Crippen LogP contribution is 2.45. The zero-order chi connectivity index (χ0) is 24.0. The number of fused-ring (bicyclic) bond motifs is 1. The number of rotatable bonds is 4. The fourth-order valence-electron chi connectivity index (χ4n) is 4.15. The van der Waals surface area contributed by atoms with Crippen molar-refractivity contribution in [1.82, 2.24) is 19.7 Å². The summed E-state index contributed by atoms with van der Waals surface area (Å²) in [5.41, 5.74) is 1.86. The standard InChI is InChI=1S/C23H22F3N5O3/c1-13-3-6-18-19(31(13)22(32)33-2)8-7-17(14-9-29-30(12-14)16-4-5-16)20(18)34-21-27-10-15(11-28-21)23(24,25)26/h7-13,16H,3-6H2,1-2H3/t13-/m0/s1. The third kappa shape index (κ3) is 4.06. The Hall–Kier alpha value is -3.63. The summed E-state index contributed by atoms with van der Waals surface area (Å²) >= 11 is 0. The van der Waals surface area contributed by atoms with Gasteiger partial charge >= 0.3 is 18.3 Å². The smallest absolute Gasteiger partial charge is 0.419 e. The van der Waals surface area contributed by atoms with Crippen molar-refractivity contribution in [3.8, 4) is 22.9 Å². The van der Waals surface area contributed by atoms with E-state index in [0.717, 1.165) is 24.0 Å². The molecule has 3 aromatic rings. The number of carbonyl (C=O) groups is 1. The van der Waals surface area contributed by atoms with E-state index in [1.54, 1.807) is 17.2 Å². The minimum Gasteiger partial charge on any atom is -0.452 e. The number of alkyl halides is 3. The third-order valence-corrected chi connectivity index (χ3v) is 6.10. The molecule has 0 saturated heterocycles. The number of ether oxygens (including phenoxy) is 2. The van der Waals surface area contributed by atoms with Gasteiger partial charge in [-0.2, -0.15) is 18.3 Å². The summed E-state index contributed by atoms with van der Waals surface area (Å²) in [6, 6.07) is 3.69. The molecular formula is C23H22F3N5O3. The van der Waals surface area contributed by atoms with Crippen molar-refractivity contribution in [1.29, 1.82) is 0 Å². The van der Waals surface area contributed by atoms with Crippen LogP contribution in [0.15, 0.2) is 36.9 Å². The number of aromatic nitrogens is 4. The van der Waals surface area contributed by atoms with Crippen molar-refractivity contribution in [2.75, 3.05) is 12.0 Å². The summed E-state index contributed by atoms with van der Waals surface area (Å²) < 4.78 is 51.7. The molecule has 0 radical (unpaired) electrons. The van der Waals surface area contributed by atoms with Crippen LogP contribution in [0.5, 0.6) is 11.8 Å². The van der Waals surface area contributed by atoms with Crippen LogP contribution in [0.3, 0.4) is 0 Å². The minimum absolute atomic E-state index is 0.0985. The Kier molecular flexibility index (Phi) is 5.41. The number of halogens is 3. The van der Waals surface area contributed by atoms with E-state index in [0.29, 0.717) is 48.3 Å². The first-order valence-electron chi connectivity index (χ1n) is 10.9. The molecule has 0 spiro atoms. The van der Waals surface area contributed by atoms with E-state index in [9.17, 15) is 18.0 Å². The number of hydrogen-bond acceptors (Lipinski definition) is 6. The molecule has 1 aliphatic carbocycles. The van der Waals surface area contributed by atoms with E-state index in [1.807, 2.05) is 23.9 Å². The van der Waals surface area contributed by atoms with E-state index in [1.165, 1.54) is 7.11 Å². The van der Waals surface area contributed by atoms with Gasteiger partial charge in [0.2, 0.25) is 0 Å². The molecule has 34 heavy (non-hydrogen) atoms. The van der Waals surface area contributed by atoms with Crippen molar-refractivity contribution in [3.05, 3.63) is 48.0 Å². The lowest BCUT2D eigenvalue weighted by molar-refractivity contribution is -0.138. The summed E-state index contributed by atoms with van der Waals surface area (Å²) in [4.78, 5) is 21.6. The topological polar surface area (TPSA) is 82.4 Å². The van der Waals surface area contributed by atoms with Crippen LogP contribution in [-0.2, 0) is 17.3 Å². The van der Waals surface area contributed by atoms with Gasteiger partial charge < -0.3 is 9.47 Å². The van der Waals surface area contributed by atoms with Crippen molar-refractivity contribution in [2.45, 2.75) is 50.9 Å². The van der Waals surface area contributed by atoms with Gasteiger partial charge in [-0.3, -0.25) is 9.58 Å². The molecule has 3 heterocycles. The van der Waals surface area contributed by atoms with Gasteiger partial charge in [0, 0.05) is 41.3 Å². The summed E-state index contributed by atoms with van der Waals surface area (Å²) in [7, 11) is 1.32. The fourth-order valence-corrected chi connectivity index (χ4v) is 4.15. The van der Waals surface area contributed by atoms with Crippen LogP contribution < -0.4 is 9.64 Å². The number of methoxy groups -OCH3 is 1. The lowest BCUT2D eigenvalue weighted by Gasteiger charge is -2.35. The largest absolute Gasteiger partial charge is 0.452 e. The second kappa shape index (κ2) is 8.30. The van der Waals surface area contributed by atoms with Crippen LogP contribution in [0.1, 0.15) is 43.4 Å². The van der Waals surface area contributed by atoms with E-state index in [-0.39, 0.29) is 12.1 Å². The Balaban J connectivity index is 1.60. The zero-order valence-corrected chi connectivity index (χ0v) is 18.5. The van der Waals surface area contributed by atoms with E-state index in [2.05, 4.69) is 15.1 Å². The third-order valence-electron chi connectivity index (χ3n) is 6.10. The minimum atomic E-state index is -4.55. The molecule has 2 aliphatic rings. The molecule has 8 nitrogen and oxygen atoms in total. The van der Waals surface area contributed by atoms with Gasteiger partial charge in [-0.1, -0.05) is 0 Å². The number of nitrogens with zero attached hydrogens (tertiary/aromatic N) is 5. The summed E-state index contributed by atoms with van der Waals surface area (Å²) in [5, 5.41) is 4.44. The summed E-state index contributed by atoms with van der Waals surface area (Å²) in [6.45, 7) is 1.92. The van der Waals surface area contributed by atoms with Crippen molar-refractivity contribution >= 4 is 11.8 Å². The average molecular weight is 473 g/mol. The number of benzene rings is 1. The van der Waals surface area contributed by atoms with Gasteiger partial charge in [-0.15, -0.1) is 0 Å². The quantitative estimate of drug-likeness (QED) is 0.505. The van der Waals surface area contributed by atoms with Gasteiger partial charge in [0.15, 0.2) is 0 Å². The number of hydrogen-bond donors (Lipinski definition) is 0. The first kappa shape index (κ1) is 22.2. The lowest BCUT2D eigenvalue weighted by Crippen LogP contribution is -2.42. The highest BCUT2D eigenvalue weighted by Gasteiger charge is 2.34. The van der Waals surface area contributed by atoms with Crippen molar-refractivity contribution in [3.63, 3.8) is 0 Å². The molecule has 1 aromatic carbocycles. The van der Waals surface area contributed by atoms with Crippen LogP contribution in [0.4, 0.5) is 23.7 Å². The molecule has 1 aliphatic heterocycles. The molecular weight excluding hydrogens is 451 g/mol. The monoisotopic (exact) mass is 473 g/mol. The maximum absolute atomic E-state index is 12.9. The van der Waals surface area contributed by atoms with Crippen LogP contribution in [0.25, 0.3) is 11.1 Å². The Morgan fingerprint density at radius 3 is 2.50 bits per heavy atom. The van der Waals surface area contributed by atoms with Crippen LogP contribution in [-0.4, -0.2) is 39.0 Å². The maximum Gasteiger partial charge on any atom is 0.419 e. The fraction of sp³-hybridized carbons (Fsp3) is 0.391. The van der Waals surface area contributed by atoms with Gasteiger partial charge in [-0.05, 0) is 44.7 Å². The SMILES string of the molecule is COC(=O)N1c2ccc(-c3cnn(C4CC4)c3)c(Oc3ncc(C(F)(F)F)cn3)c2CC[C@@H]1C.